The first-order valence-electron chi connectivity index (χ1n) is 6.83. The molecule has 106 valence electrons. The van der Waals surface area contributed by atoms with E-state index in [0.29, 0.717) is 24.9 Å². The number of ether oxygens (including phenoxy) is 1. The Kier molecular flexibility index (Phi) is 4.81. The molecule has 3 atom stereocenters. The normalized spacial score (nSPS) is 30.9. The van der Waals surface area contributed by atoms with Crippen LogP contribution in [0.4, 0.5) is 0 Å². The Hall–Kier alpha value is -0.650. The van der Waals surface area contributed by atoms with Crippen LogP contribution in [0.25, 0.3) is 0 Å². The van der Waals surface area contributed by atoms with Crippen LogP contribution in [0.15, 0.2) is 18.3 Å². The molecule has 1 fully saturated rings. The van der Waals surface area contributed by atoms with Gasteiger partial charge in [-0.1, -0.05) is 6.07 Å². The zero-order valence-electron chi connectivity index (χ0n) is 11.5. The summed E-state index contributed by atoms with van der Waals surface area (Å²) < 4.78 is 5.85. The number of likely N-dealkylation sites (tertiary alicyclic amines) is 1. The number of aromatic nitrogens is 1. The average molecular weight is 328 g/mol. The Morgan fingerprint density at radius 1 is 1.32 bits per heavy atom. The Morgan fingerprint density at radius 3 is 2.79 bits per heavy atom. The van der Waals surface area contributed by atoms with Crippen molar-refractivity contribution in [3.8, 4) is 5.88 Å². The number of pyridine rings is 1. The maximum absolute atomic E-state index is 5.85. The van der Waals surface area contributed by atoms with Crippen LogP contribution < -0.4 is 10.1 Å². The zero-order valence-corrected chi connectivity index (χ0v) is 13.2. The Bertz CT molecular complexity index is 392. The highest BCUT2D eigenvalue weighted by Crippen LogP contribution is 2.27. The number of hydrogen-bond donors (Lipinski definition) is 1. The first-order chi connectivity index (χ1) is 8.75. The van der Waals surface area contributed by atoms with Crippen LogP contribution >= 0.6 is 17.0 Å². The highest BCUT2D eigenvalue weighted by Gasteiger charge is 2.34. The van der Waals surface area contributed by atoms with Crippen molar-refractivity contribution in [2.75, 3.05) is 6.61 Å². The quantitative estimate of drug-likeness (QED) is 0.859. The molecular weight excluding hydrogens is 306 g/mol. The molecule has 1 N–H and O–H groups in total. The molecule has 5 heteroatoms. The SMILES string of the molecule is Br.CC1CCC(C)N1C1COc2ncccc2CN1. The molecule has 0 spiro atoms. The van der Waals surface area contributed by atoms with Gasteiger partial charge in [-0.05, 0) is 32.8 Å². The summed E-state index contributed by atoms with van der Waals surface area (Å²) in [5.41, 5.74) is 1.15. The highest BCUT2D eigenvalue weighted by atomic mass is 79.9. The Morgan fingerprint density at radius 2 is 2.05 bits per heavy atom. The van der Waals surface area contributed by atoms with Gasteiger partial charge in [0, 0.05) is 30.4 Å². The number of nitrogens with zero attached hydrogens (tertiary/aromatic N) is 2. The minimum absolute atomic E-state index is 0. The monoisotopic (exact) mass is 327 g/mol. The topological polar surface area (TPSA) is 37.4 Å². The van der Waals surface area contributed by atoms with Gasteiger partial charge in [-0.15, -0.1) is 17.0 Å². The molecule has 0 aromatic carbocycles. The molecule has 3 unspecified atom stereocenters. The van der Waals surface area contributed by atoms with Crippen LogP contribution in [0.5, 0.6) is 5.88 Å². The molecule has 3 rings (SSSR count). The number of hydrogen-bond acceptors (Lipinski definition) is 4. The lowest BCUT2D eigenvalue weighted by molar-refractivity contribution is 0.0797. The van der Waals surface area contributed by atoms with Crippen LogP contribution in [-0.2, 0) is 6.54 Å². The maximum atomic E-state index is 5.85. The molecular formula is C14H22BrN3O. The summed E-state index contributed by atoms with van der Waals surface area (Å²) in [6, 6.07) is 5.31. The van der Waals surface area contributed by atoms with Gasteiger partial charge in [-0.3, -0.25) is 10.2 Å². The highest BCUT2D eigenvalue weighted by molar-refractivity contribution is 8.93. The lowest BCUT2D eigenvalue weighted by Crippen LogP contribution is -2.52. The van der Waals surface area contributed by atoms with Gasteiger partial charge in [0.2, 0.25) is 5.88 Å². The van der Waals surface area contributed by atoms with Crippen molar-refractivity contribution in [1.82, 2.24) is 15.2 Å². The molecule has 0 amide bonds. The number of halogens is 1. The molecule has 1 saturated heterocycles. The Labute approximate surface area is 125 Å². The standard InChI is InChI=1S/C14H21N3O.BrH/c1-10-5-6-11(2)17(10)13-9-18-14-12(8-16-13)4-3-7-15-14;/h3-4,7,10-11,13,16H,5-6,8-9H2,1-2H3;1H. The lowest BCUT2D eigenvalue weighted by Gasteiger charge is -2.34. The summed E-state index contributed by atoms with van der Waals surface area (Å²) in [4.78, 5) is 6.85. The van der Waals surface area contributed by atoms with E-state index in [0.717, 1.165) is 18.0 Å². The van der Waals surface area contributed by atoms with Crippen LogP contribution in [0.2, 0.25) is 0 Å². The largest absolute Gasteiger partial charge is 0.474 e. The van der Waals surface area contributed by atoms with E-state index in [4.69, 9.17) is 4.74 Å². The van der Waals surface area contributed by atoms with Crippen molar-refractivity contribution in [1.29, 1.82) is 0 Å². The van der Waals surface area contributed by atoms with Crippen LogP contribution in [0.1, 0.15) is 32.3 Å². The number of fused-ring (bicyclic) bond motifs is 1. The van der Waals surface area contributed by atoms with Crippen molar-refractivity contribution < 1.29 is 4.74 Å². The summed E-state index contributed by atoms with van der Waals surface area (Å²) in [5.74, 6) is 0.784. The van der Waals surface area contributed by atoms with Gasteiger partial charge in [-0.2, -0.15) is 0 Å². The molecule has 2 aliphatic rings. The Balaban J connectivity index is 0.00000133. The van der Waals surface area contributed by atoms with Crippen LogP contribution in [-0.4, -0.2) is 34.7 Å². The summed E-state index contributed by atoms with van der Waals surface area (Å²) in [5, 5.41) is 3.60. The predicted octanol–water partition coefficient (Wildman–Crippen LogP) is 2.34. The lowest BCUT2D eigenvalue weighted by atomic mass is 10.2. The third-order valence-corrected chi connectivity index (χ3v) is 4.14. The van der Waals surface area contributed by atoms with Gasteiger partial charge >= 0.3 is 0 Å². The molecule has 0 radical (unpaired) electrons. The van der Waals surface area contributed by atoms with Crippen molar-refractivity contribution in [3.63, 3.8) is 0 Å². The van der Waals surface area contributed by atoms with Crippen LogP contribution in [0.3, 0.4) is 0 Å². The molecule has 2 aliphatic heterocycles. The van der Waals surface area contributed by atoms with E-state index in [1.54, 1.807) is 6.20 Å². The van der Waals surface area contributed by atoms with Gasteiger partial charge in [0.05, 0.1) is 6.17 Å². The second-order valence-corrected chi connectivity index (χ2v) is 5.40. The van der Waals surface area contributed by atoms with E-state index in [1.807, 2.05) is 6.07 Å². The van der Waals surface area contributed by atoms with Gasteiger partial charge in [0.1, 0.15) is 6.61 Å². The number of rotatable bonds is 1. The predicted molar refractivity (Wildman–Crippen MR) is 80.7 cm³/mol. The summed E-state index contributed by atoms with van der Waals surface area (Å²) in [6.07, 6.45) is 4.65. The van der Waals surface area contributed by atoms with Crippen molar-refractivity contribution in [3.05, 3.63) is 23.9 Å². The molecule has 1 aromatic heterocycles. The molecule has 4 nitrogen and oxygen atoms in total. The first-order valence-corrected chi connectivity index (χ1v) is 6.83. The smallest absolute Gasteiger partial charge is 0.217 e. The van der Waals surface area contributed by atoms with Crippen molar-refractivity contribution in [2.24, 2.45) is 0 Å². The van der Waals surface area contributed by atoms with Crippen LogP contribution in [0, 0.1) is 0 Å². The summed E-state index contributed by atoms with van der Waals surface area (Å²) >= 11 is 0. The van der Waals surface area contributed by atoms with Crippen molar-refractivity contribution in [2.45, 2.75) is 51.5 Å². The zero-order chi connectivity index (χ0) is 12.5. The van der Waals surface area contributed by atoms with Gasteiger partial charge in [0.25, 0.3) is 0 Å². The molecule has 1 aromatic rings. The molecule has 0 saturated carbocycles. The van der Waals surface area contributed by atoms with Gasteiger partial charge in [0.15, 0.2) is 0 Å². The summed E-state index contributed by atoms with van der Waals surface area (Å²) in [7, 11) is 0. The van der Waals surface area contributed by atoms with E-state index >= 15 is 0 Å². The maximum Gasteiger partial charge on any atom is 0.217 e. The molecule has 19 heavy (non-hydrogen) atoms. The second-order valence-electron chi connectivity index (χ2n) is 5.40. The summed E-state index contributed by atoms with van der Waals surface area (Å²) in [6.45, 7) is 6.13. The number of nitrogens with one attached hydrogen (secondary N) is 1. The van der Waals surface area contributed by atoms with E-state index in [-0.39, 0.29) is 17.0 Å². The van der Waals surface area contributed by atoms with Gasteiger partial charge < -0.3 is 4.74 Å². The fourth-order valence-corrected chi connectivity index (χ4v) is 3.15. The molecule has 0 aliphatic carbocycles. The fraction of sp³-hybridized carbons (Fsp3) is 0.643. The van der Waals surface area contributed by atoms with Crippen molar-refractivity contribution >= 4 is 17.0 Å². The average Bonchev–Trinajstić information content (AvgIpc) is 2.62. The van der Waals surface area contributed by atoms with E-state index in [9.17, 15) is 0 Å². The first kappa shape index (κ1) is 14.8. The fourth-order valence-electron chi connectivity index (χ4n) is 3.15. The van der Waals surface area contributed by atoms with E-state index in [2.05, 4.69) is 35.1 Å². The second kappa shape index (κ2) is 6.20. The molecule has 3 heterocycles. The van der Waals surface area contributed by atoms with Gasteiger partial charge in [-0.25, -0.2) is 4.98 Å². The molecule has 0 bridgehead atoms. The third-order valence-electron chi connectivity index (χ3n) is 4.14. The van der Waals surface area contributed by atoms with E-state index < -0.39 is 0 Å². The minimum Gasteiger partial charge on any atom is -0.474 e. The minimum atomic E-state index is 0. The van der Waals surface area contributed by atoms with E-state index in [1.165, 1.54) is 12.8 Å². The third kappa shape index (κ3) is 2.93.